The fraction of sp³-hybridized carbons (Fsp3) is 0.308. The van der Waals surface area contributed by atoms with Crippen molar-refractivity contribution in [2.75, 3.05) is 0 Å². The van der Waals surface area contributed by atoms with E-state index in [0.29, 0.717) is 11.8 Å². The number of aromatic nitrogens is 2. The van der Waals surface area contributed by atoms with Crippen molar-refractivity contribution >= 4 is 6.08 Å². The quantitative estimate of drug-likeness (QED) is 0.519. The minimum atomic E-state index is -0.225. The van der Waals surface area contributed by atoms with E-state index in [1.54, 1.807) is 12.1 Å². The summed E-state index contributed by atoms with van der Waals surface area (Å²) >= 11 is 0. The van der Waals surface area contributed by atoms with Crippen LogP contribution in [0.4, 0.5) is 4.39 Å². The van der Waals surface area contributed by atoms with E-state index in [-0.39, 0.29) is 5.82 Å². The molecule has 5 rings (SSSR count). The largest absolute Gasteiger partial charge is 0.260 e. The van der Waals surface area contributed by atoms with Crippen LogP contribution < -0.4 is 0 Å². The third-order valence-corrected chi connectivity index (χ3v) is 6.57. The fourth-order valence-corrected chi connectivity index (χ4v) is 5.15. The van der Waals surface area contributed by atoms with Crippen LogP contribution in [-0.2, 0) is 6.42 Å². The summed E-state index contributed by atoms with van der Waals surface area (Å²) in [5.74, 6) is 1.61. The number of allylic oxidation sites excluding steroid dienone is 1. The Bertz CT molecular complexity index is 1020. The van der Waals surface area contributed by atoms with Gasteiger partial charge in [0.15, 0.2) is 0 Å². The highest BCUT2D eigenvalue weighted by atomic mass is 19.1. The number of pyridine rings is 2. The number of nitrogens with zero attached hydrogens (tertiary/aromatic N) is 2. The molecule has 0 bridgehead atoms. The number of rotatable bonds is 3. The van der Waals surface area contributed by atoms with Crippen molar-refractivity contribution in [3.05, 3.63) is 89.8 Å². The topological polar surface area (TPSA) is 25.8 Å². The van der Waals surface area contributed by atoms with E-state index in [1.807, 2.05) is 30.6 Å². The van der Waals surface area contributed by atoms with Crippen LogP contribution >= 0.6 is 0 Å². The van der Waals surface area contributed by atoms with Crippen molar-refractivity contribution in [3.8, 4) is 11.1 Å². The Labute approximate surface area is 171 Å². The molecule has 0 spiro atoms. The second-order valence-corrected chi connectivity index (χ2v) is 8.33. The van der Waals surface area contributed by atoms with Gasteiger partial charge in [-0.3, -0.25) is 9.97 Å². The van der Waals surface area contributed by atoms with Crippen molar-refractivity contribution in [2.45, 2.75) is 38.0 Å². The smallest absolute Gasteiger partial charge is 0.123 e. The van der Waals surface area contributed by atoms with Crippen molar-refractivity contribution in [1.29, 1.82) is 0 Å². The molecule has 0 N–H and O–H groups in total. The predicted octanol–water partition coefficient (Wildman–Crippen LogP) is 6.44. The van der Waals surface area contributed by atoms with E-state index < -0.39 is 0 Å². The average Bonchev–Trinajstić information content (AvgIpc) is 2.77. The Morgan fingerprint density at radius 1 is 0.931 bits per heavy atom. The van der Waals surface area contributed by atoms with Crippen LogP contribution in [0.5, 0.6) is 0 Å². The van der Waals surface area contributed by atoms with Gasteiger partial charge in [-0.05, 0) is 72.6 Å². The molecule has 3 heteroatoms. The van der Waals surface area contributed by atoms with Crippen molar-refractivity contribution in [2.24, 2.45) is 11.8 Å². The lowest BCUT2D eigenvalue weighted by Gasteiger charge is -2.40. The van der Waals surface area contributed by atoms with Gasteiger partial charge in [0.05, 0.1) is 11.4 Å². The third-order valence-electron chi connectivity index (χ3n) is 6.57. The average molecular weight is 384 g/mol. The van der Waals surface area contributed by atoms with E-state index in [0.717, 1.165) is 22.7 Å². The Balaban J connectivity index is 1.41. The van der Waals surface area contributed by atoms with Crippen LogP contribution in [0.1, 0.15) is 48.6 Å². The number of benzene rings is 1. The monoisotopic (exact) mass is 384 g/mol. The minimum Gasteiger partial charge on any atom is -0.260 e. The lowest BCUT2D eigenvalue weighted by Crippen LogP contribution is -2.32. The molecule has 0 saturated heterocycles. The molecule has 0 amide bonds. The molecule has 1 saturated carbocycles. The first kappa shape index (κ1) is 18.2. The molecule has 3 aromatic rings. The van der Waals surface area contributed by atoms with Crippen molar-refractivity contribution in [1.82, 2.24) is 9.97 Å². The SMILES string of the molecule is Fc1cccc(-c2ccc(/C=C/C3c4ncccc4CC4CCCCC43)nc2)c1. The van der Waals surface area contributed by atoms with Gasteiger partial charge in [-0.25, -0.2) is 4.39 Å². The normalized spacial score (nSPS) is 23.6. The molecule has 0 radical (unpaired) electrons. The second kappa shape index (κ2) is 7.90. The summed E-state index contributed by atoms with van der Waals surface area (Å²) in [6, 6.07) is 15.0. The van der Waals surface area contributed by atoms with Crippen LogP contribution in [0.25, 0.3) is 17.2 Å². The maximum absolute atomic E-state index is 13.5. The molecular weight excluding hydrogens is 359 g/mol. The molecule has 1 aromatic carbocycles. The Kier molecular flexibility index (Phi) is 4.97. The standard InChI is InChI=1S/C26H25FN2/c27-22-8-3-6-18(16-22)21-10-11-23(29-17-21)12-13-25-24-9-2-1-5-19(24)15-20-7-4-14-28-26(20)25/h3-4,6-8,10-14,16-17,19,24-25H,1-2,5,9,15H2/b13-12+. The van der Waals surface area contributed by atoms with Crippen molar-refractivity contribution < 1.29 is 4.39 Å². The first-order valence-corrected chi connectivity index (χ1v) is 10.6. The molecule has 1 fully saturated rings. The molecule has 2 aliphatic carbocycles. The second-order valence-electron chi connectivity index (χ2n) is 8.33. The lowest BCUT2D eigenvalue weighted by atomic mass is 9.65. The summed E-state index contributed by atoms with van der Waals surface area (Å²) in [5, 5.41) is 0. The summed E-state index contributed by atoms with van der Waals surface area (Å²) in [6.07, 6.45) is 14.7. The highest BCUT2D eigenvalue weighted by Crippen LogP contribution is 2.46. The molecule has 3 unspecified atom stereocenters. The molecule has 3 atom stereocenters. The van der Waals surface area contributed by atoms with Gasteiger partial charge >= 0.3 is 0 Å². The summed E-state index contributed by atoms with van der Waals surface area (Å²) in [5.41, 5.74) is 5.38. The van der Waals surface area contributed by atoms with E-state index in [4.69, 9.17) is 4.98 Å². The summed E-state index contributed by atoms with van der Waals surface area (Å²) in [7, 11) is 0. The minimum absolute atomic E-state index is 0.225. The highest BCUT2D eigenvalue weighted by Gasteiger charge is 2.37. The Morgan fingerprint density at radius 2 is 1.86 bits per heavy atom. The lowest BCUT2D eigenvalue weighted by molar-refractivity contribution is 0.200. The van der Waals surface area contributed by atoms with Crippen LogP contribution in [0.2, 0.25) is 0 Å². The number of hydrogen-bond acceptors (Lipinski definition) is 2. The van der Waals surface area contributed by atoms with Crippen LogP contribution in [0.15, 0.2) is 67.0 Å². The van der Waals surface area contributed by atoms with E-state index in [2.05, 4.69) is 29.3 Å². The Morgan fingerprint density at radius 3 is 2.72 bits per heavy atom. The molecule has 146 valence electrons. The van der Waals surface area contributed by atoms with Crippen LogP contribution in [0, 0.1) is 17.7 Å². The maximum atomic E-state index is 13.5. The predicted molar refractivity (Wildman–Crippen MR) is 115 cm³/mol. The molecule has 29 heavy (non-hydrogen) atoms. The van der Waals surface area contributed by atoms with Gasteiger partial charge in [-0.2, -0.15) is 0 Å². The highest BCUT2D eigenvalue weighted by molar-refractivity contribution is 5.63. The molecule has 2 heterocycles. The number of halogens is 1. The maximum Gasteiger partial charge on any atom is 0.123 e. The molecule has 0 aliphatic heterocycles. The fourth-order valence-electron chi connectivity index (χ4n) is 5.15. The molecular formula is C26H25FN2. The van der Waals surface area contributed by atoms with E-state index >= 15 is 0 Å². The summed E-state index contributed by atoms with van der Waals surface area (Å²) in [6.45, 7) is 0. The van der Waals surface area contributed by atoms with Gasteiger partial charge in [0.2, 0.25) is 0 Å². The van der Waals surface area contributed by atoms with Gasteiger partial charge in [0.25, 0.3) is 0 Å². The Hall–Kier alpha value is -2.81. The van der Waals surface area contributed by atoms with Gasteiger partial charge < -0.3 is 0 Å². The zero-order chi connectivity index (χ0) is 19.6. The van der Waals surface area contributed by atoms with Gasteiger partial charge in [0, 0.05) is 23.9 Å². The first-order chi connectivity index (χ1) is 14.3. The van der Waals surface area contributed by atoms with Gasteiger partial charge in [-0.15, -0.1) is 0 Å². The van der Waals surface area contributed by atoms with Crippen LogP contribution in [0.3, 0.4) is 0 Å². The summed E-state index contributed by atoms with van der Waals surface area (Å²) in [4.78, 5) is 9.36. The van der Waals surface area contributed by atoms with Crippen LogP contribution in [-0.4, -0.2) is 9.97 Å². The molecule has 2 aliphatic rings. The molecule has 2 nitrogen and oxygen atoms in total. The zero-order valence-corrected chi connectivity index (χ0v) is 16.5. The summed E-state index contributed by atoms with van der Waals surface area (Å²) < 4.78 is 13.5. The van der Waals surface area contributed by atoms with E-state index in [1.165, 1.54) is 49.4 Å². The molecule has 2 aromatic heterocycles. The van der Waals surface area contributed by atoms with Crippen molar-refractivity contribution in [3.63, 3.8) is 0 Å². The third kappa shape index (κ3) is 3.74. The zero-order valence-electron chi connectivity index (χ0n) is 16.5. The van der Waals surface area contributed by atoms with E-state index in [9.17, 15) is 4.39 Å². The first-order valence-electron chi connectivity index (χ1n) is 10.6. The van der Waals surface area contributed by atoms with Gasteiger partial charge in [0.1, 0.15) is 5.82 Å². The number of hydrogen-bond donors (Lipinski definition) is 0. The van der Waals surface area contributed by atoms with Gasteiger partial charge in [-0.1, -0.05) is 43.2 Å². The number of fused-ring (bicyclic) bond motifs is 2.